The molecule has 0 radical (unpaired) electrons. The molecule has 0 bridgehead atoms. The summed E-state index contributed by atoms with van der Waals surface area (Å²) in [4.78, 5) is 23.9. The van der Waals surface area contributed by atoms with Crippen molar-refractivity contribution in [1.29, 1.82) is 0 Å². The van der Waals surface area contributed by atoms with E-state index in [2.05, 4.69) is 10.6 Å². The van der Waals surface area contributed by atoms with Crippen LogP contribution in [0.25, 0.3) is 0 Å². The number of anilines is 1. The van der Waals surface area contributed by atoms with Crippen LogP contribution in [0.2, 0.25) is 5.02 Å². The van der Waals surface area contributed by atoms with Crippen molar-refractivity contribution in [2.75, 3.05) is 11.9 Å². The summed E-state index contributed by atoms with van der Waals surface area (Å²) in [6, 6.07) is 14.2. The predicted octanol–water partition coefficient (Wildman–Crippen LogP) is 3.94. The summed E-state index contributed by atoms with van der Waals surface area (Å²) in [6.07, 6.45) is 1.90. The first-order valence-electron chi connectivity index (χ1n) is 8.60. The molecule has 1 fully saturated rings. The van der Waals surface area contributed by atoms with Crippen LogP contribution in [-0.2, 0) is 9.59 Å². The minimum absolute atomic E-state index is 0.0373. The molecular weight excluding hydrogens is 352 g/mol. The lowest BCUT2D eigenvalue weighted by molar-refractivity contribution is -0.123. The van der Waals surface area contributed by atoms with Crippen molar-refractivity contribution in [3.63, 3.8) is 0 Å². The van der Waals surface area contributed by atoms with Gasteiger partial charge < -0.3 is 15.4 Å². The van der Waals surface area contributed by atoms with Gasteiger partial charge in [-0.05, 0) is 49.6 Å². The molecular formula is C20H21ClN2O3. The maximum Gasteiger partial charge on any atom is 0.258 e. The lowest BCUT2D eigenvalue weighted by atomic mass is 10.1. The molecule has 1 atom stereocenters. The first-order chi connectivity index (χ1) is 12.5. The average molecular weight is 373 g/mol. The Morgan fingerprint density at radius 1 is 1.19 bits per heavy atom. The molecule has 136 valence electrons. The van der Waals surface area contributed by atoms with Gasteiger partial charge in [-0.3, -0.25) is 9.59 Å². The Morgan fingerprint density at radius 3 is 2.69 bits per heavy atom. The van der Waals surface area contributed by atoms with E-state index in [0.717, 1.165) is 18.4 Å². The van der Waals surface area contributed by atoms with Crippen LogP contribution in [0.3, 0.4) is 0 Å². The summed E-state index contributed by atoms with van der Waals surface area (Å²) < 4.78 is 5.54. The van der Waals surface area contributed by atoms with Crippen LogP contribution in [0.1, 0.15) is 31.4 Å². The number of hydrogen-bond donors (Lipinski definition) is 2. The second-order valence-corrected chi connectivity index (χ2v) is 6.86. The molecule has 2 N–H and O–H groups in total. The minimum Gasteiger partial charge on any atom is -0.484 e. The number of benzene rings is 2. The highest BCUT2D eigenvalue weighted by molar-refractivity contribution is 6.30. The predicted molar refractivity (Wildman–Crippen MR) is 101 cm³/mol. The molecule has 2 aromatic rings. The van der Waals surface area contributed by atoms with E-state index in [-0.39, 0.29) is 30.4 Å². The Morgan fingerprint density at radius 2 is 1.96 bits per heavy atom. The van der Waals surface area contributed by atoms with Crippen molar-refractivity contribution in [2.45, 2.75) is 25.8 Å². The van der Waals surface area contributed by atoms with E-state index in [4.69, 9.17) is 16.3 Å². The van der Waals surface area contributed by atoms with Gasteiger partial charge in [-0.15, -0.1) is 0 Å². The lowest BCUT2D eigenvalue weighted by Crippen LogP contribution is -2.31. The number of halogens is 1. The largest absolute Gasteiger partial charge is 0.484 e. The smallest absolute Gasteiger partial charge is 0.258 e. The van der Waals surface area contributed by atoms with E-state index >= 15 is 0 Å². The molecule has 0 spiro atoms. The summed E-state index contributed by atoms with van der Waals surface area (Å²) in [6.45, 7) is 1.78. The van der Waals surface area contributed by atoms with Gasteiger partial charge in [-0.1, -0.05) is 29.8 Å². The molecule has 0 heterocycles. The molecule has 0 aromatic heterocycles. The SMILES string of the molecule is CC(NC(=O)COc1cccc(NC(=O)C2CC2)c1)c1cccc(Cl)c1. The number of hydrogen-bond acceptors (Lipinski definition) is 3. The van der Waals surface area contributed by atoms with Gasteiger partial charge >= 0.3 is 0 Å². The molecule has 1 unspecified atom stereocenters. The van der Waals surface area contributed by atoms with Crippen LogP contribution in [-0.4, -0.2) is 18.4 Å². The number of nitrogens with one attached hydrogen (secondary N) is 2. The molecule has 0 saturated heterocycles. The second-order valence-electron chi connectivity index (χ2n) is 6.42. The third-order valence-electron chi connectivity index (χ3n) is 4.15. The lowest BCUT2D eigenvalue weighted by Gasteiger charge is -2.15. The number of rotatable bonds is 7. The highest BCUT2D eigenvalue weighted by Crippen LogP contribution is 2.30. The van der Waals surface area contributed by atoms with Crippen LogP contribution < -0.4 is 15.4 Å². The van der Waals surface area contributed by atoms with Crippen LogP contribution in [0.5, 0.6) is 5.75 Å². The molecule has 1 aliphatic rings. The molecule has 3 rings (SSSR count). The maximum absolute atomic E-state index is 12.1. The fourth-order valence-electron chi connectivity index (χ4n) is 2.54. The Balaban J connectivity index is 1.50. The van der Waals surface area contributed by atoms with E-state index in [9.17, 15) is 9.59 Å². The highest BCUT2D eigenvalue weighted by Gasteiger charge is 2.29. The van der Waals surface area contributed by atoms with Crippen LogP contribution >= 0.6 is 11.6 Å². The van der Waals surface area contributed by atoms with E-state index in [1.54, 1.807) is 30.3 Å². The second kappa shape index (κ2) is 8.23. The van der Waals surface area contributed by atoms with Crippen molar-refractivity contribution in [2.24, 2.45) is 5.92 Å². The van der Waals surface area contributed by atoms with Gasteiger partial charge in [0, 0.05) is 22.7 Å². The van der Waals surface area contributed by atoms with Crippen LogP contribution in [0.4, 0.5) is 5.69 Å². The van der Waals surface area contributed by atoms with Gasteiger partial charge in [0.05, 0.1) is 6.04 Å². The molecule has 0 aliphatic heterocycles. The first-order valence-corrected chi connectivity index (χ1v) is 8.97. The Bertz CT molecular complexity index is 805. The van der Waals surface area contributed by atoms with Crippen molar-refractivity contribution in [1.82, 2.24) is 5.32 Å². The standard InChI is InChI=1S/C20H21ClN2O3/c1-13(15-4-2-5-16(21)10-15)22-19(24)12-26-18-7-3-6-17(11-18)23-20(25)14-8-9-14/h2-7,10-11,13-14H,8-9,12H2,1H3,(H,22,24)(H,23,25). The fourth-order valence-corrected chi connectivity index (χ4v) is 2.74. The molecule has 1 aliphatic carbocycles. The molecule has 1 saturated carbocycles. The van der Waals surface area contributed by atoms with Gasteiger partial charge in [-0.2, -0.15) is 0 Å². The van der Waals surface area contributed by atoms with E-state index in [0.29, 0.717) is 16.5 Å². The Labute approximate surface area is 157 Å². The van der Waals surface area contributed by atoms with Gasteiger partial charge in [0.15, 0.2) is 6.61 Å². The molecule has 26 heavy (non-hydrogen) atoms. The van der Waals surface area contributed by atoms with E-state index in [1.807, 2.05) is 25.1 Å². The average Bonchev–Trinajstić information content (AvgIpc) is 3.45. The van der Waals surface area contributed by atoms with Gasteiger partial charge in [0.2, 0.25) is 5.91 Å². The van der Waals surface area contributed by atoms with Gasteiger partial charge in [0.25, 0.3) is 5.91 Å². The van der Waals surface area contributed by atoms with E-state index < -0.39 is 0 Å². The number of ether oxygens (including phenoxy) is 1. The van der Waals surface area contributed by atoms with Crippen LogP contribution in [0, 0.1) is 5.92 Å². The molecule has 2 aromatic carbocycles. The molecule has 6 heteroatoms. The quantitative estimate of drug-likeness (QED) is 0.773. The molecule has 2 amide bonds. The third-order valence-corrected chi connectivity index (χ3v) is 4.38. The minimum atomic E-state index is -0.232. The summed E-state index contributed by atoms with van der Waals surface area (Å²) in [7, 11) is 0. The van der Waals surface area contributed by atoms with Crippen molar-refractivity contribution >= 4 is 29.1 Å². The topological polar surface area (TPSA) is 67.4 Å². The molecule has 5 nitrogen and oxygen atoms in total. The van der Waals surface area contributed by atoms with Crippen molar-refractivity contribution in [3.05, 3.63) is 59.1 Å². The van der Waals surface area contributed by atoms with Gasteiger partial charge in [0.1, 0.15) is 5.75 Å². The highest BCUT2D eigenvalue weighted by atomic mass is 35.5. The Kier molecular flexibility index (Phi) is 5.78. The summed E-state index contributed by atoms with van der Waals surface area (Å²) >= 11 is 5.97. The Hall–Kier alpha value is -2.53. The number of carbonyl (C=O) groups excluding carboxylic acids is 2. The first kappa shape index (κ1) is 18.3. The fraction of sp³-hybridized carbons (Fsp3) is 0.300. The maximum atomic E-state index is 12.1. The van der Waals surface area contributed by atoms with Gasteiger partial charge in [-0.25, -0.2) is 0 Å². The summed E-state index contributed by atoms with van der Waals surface area (Å²) in [5.74, 6) is 0.475. The van der Waals surface area contributed by atoms with Crippen molar-refractivity contribution < 1.29 is 14.3 Å². The normalized spacial score (nSPS) is 14.4. The number of carbonyl (C=O) groups is 2. The number of amides is 2. The zero-order chi connectivity index (χ0) is 18.5. The van der Waals surface area contributed by atoms with Crippen molar-refractivity contribution in [3.8, 4) is 5.75 Å². The van der Waals surface area contributed by atoms with Crippen LogP contribution in [0.15, 0.2) is 48.5 Å². The van der Waals surface area contributed by atoms with E-state index in [1.165, 1.54) is 0 Å². The summed E-state index contributed by atoms with van der Waals surface area (Å²) in [5, 5.41) is 6.36. The zero-order valence-electron chi connectivity index (χ0n) is 14.5. The third kappa shape index (κ3) is 5.23. The monoisotopic (exact) mass is 372 g/mol. The zero-order valence-corrected chi connectivity index (χ0v) is 15.3. The summed E-state index contributed by atoms with van der Waals surface area (Å²) in [5.41, 5.74) is 1.60.